The Balaban J connectivity index is 1.29. The van der Waals surface area contributed by atoms with E-state index < -0.39 is 23.3 Å². The molecule has 0 aliphatic heterocycles. The summed E-state index contributed by atoms with van der Waals surface area (Å²) < 4.78 is 64.7. The second-order valence-electron chi connectivity index (χ2n) is 11.4. The van der Waals surface area contributed by atoms with Crippen LogP contribution in [0, 0.1) is 41.0 Å². The van der Waals surface area contributed by atoms with E-state index in [0.29, 0.717) is 22.6 Å². The molecule has 3 aromatic rings. The third kappa shape index (κ3) is 5.87. The molecule has 0 spiro atoms. The number of rotatable bonds is 8. The smallest absolute Gasteiger partial charge is 0.201 e. The van der Waals surface area contributed by atoms with Gasteiger partial charge in [0.05, 0.1) is 6.51 Å². The van der Waals surface area contributed by atoms with Gasteiger partial charge in [0.2, 0.25) is 5.82 Å². The number of ether oxygens (including phenoxy) is 1. The van der Waals surface area contributed by atoms with Crippen LogP contribution in [0.25, 0.3) is 27.8 Å². The zero-order valence-electron chi connectivity index (χ0n) is 23.4. The van der Waals surface area contributed by atoms with Gasteiger partial charge in [0, 0.05) is 16.7 Å². The average Bonchev–Trinajstić information content (AvgIpc) is 2.98. The van der Waals surface area contributed by atoms with E-state index in [1.54, 1.807) is 44.2 Å². The summed E-state index contributed by atoms with van der Waals surface area (Å²) >= 11 is 0. The summed E-state index contributed by atoms with van der Waals surface area (Å²) in [6.45, 7) is 2.49. The average molecular weight is 548 g/mol. The molecular formula is C34H37BF4O. The van der Waals surface area contributed by atoms with Crippen LogP contribution in [0.5, 0.6) is 5.75 Å². The Labute approximate surface area is 236 Å². The maximum absolute atomic E-state index is 15.3. The van der Waals surface area contributed by atoms with Crippen molar-refractivity contribution in [2.75, 3.05) is 6.51 Å². The summed E-state index contributed by atoms with van der Waals surface area (Å²) in [6, 6.07) is 12.5. The van der Waals surface area contributed by atoms with Gasteiger partial charge in [0.15, 0.2) is 31.0 Å². The SMILES string of the molecule is BCOc1ccc(-c2ccc(-c3ccc(C4=CCC(C5CCC(CCC)CC5)CC4)c(F)c3F)cc2)c(F)c1F. The molecule has 3 aromatic carbocycles. The Hall–Kier alpha value is -3.02. The molecule has 0 bridgehead atoms. The van der Waals surface area contributed by atoms with E-state index in [0.717, 1.165) is 36.7 Å². The monoisotopic (exact) mass is 548 g/mol. The van der Waals surface area contributed by atoms with Crippen molar-refractivity contribution < 1.29 is 22.3 Å². The molecule has 1 fully saturated rings. The van der Waals surface area contributed by atoms with E-state index in [4.69, 9.17) is 4.74 Å². The van der Waals surface area contributed by atoms with Gasteiger partial charge in [-0.1, -0.05) is 75.1 Å². The van der Waals surface area contributed by atoms with Crippen molar-refractivity contribution >= 4 is 13.4 Å². The molecule has 0 N–H and O–H groups in total. The molecule has 0 saturated heterocycles. The van der Waals surface area contributed by atoms with Crippen LogP contribution in [0.1, 0.15) is 70.3 Å². The molecule has 0 radical (unpaired) electrons. The summed E-state index contributed by atoms with van der Waals surface area (Å²) in [5.41, 5.74) is 2.35. The number of benzene rings is 3. The van der Waals surface area contributed by atoms with Gasteiger partial charge in [-0.3, -0.25) is 0 Å². The maximum atomic E-state index is 15.3. The van der Waals surface area contributed by atoms with E-state index in [1.807, 2.05) is 0 Å². The summed E-state index contributed by atoms with van der Waals surface area (Å²) in [6.07, 6.45) is 12.7. The molecule has 1 saturated carbocycles. The van der Waals surface area contributed by atoms with Gasteiger partial charge in [0.25, 0.3) is 0 Å². The van der Waals surface area contributed by atoms with Gasteiger partial charge in [-0.2, -0.15) is 4.39 Å². The molecule has 5 rings (SSSR count). The van der Waals surface area contributed by atoms with Crippen molar-refractivity contribution in [3.05, 3.63) is 83.4 Å². The molecule has 0 aromatic heterocycles. The van der Waals surface area contributed by atoms with Crippen molar-refractivity contribution in [1.29, 1.82) is 0 Å². The summed E-state index contributed by atoms with van der Waals surface area (Å²) in [7, 11) is 1.69. The molecule has 1 atom stereocenters. The van der Waals surface area contributed by atoms with Gasteiger partial charge in [-0.05, 0) is 78.7 Å². The molecular weight excluding hydrogens is 511 g/mol. The first-order valence-corrected chi connectivity index (χ1v) is 14.8. The second kappa shape index (κ2) is 12.7. The van der Waals surface area contributed by atoms with Gasteiger partial charge in [-0.15, -0.1) is 0 Å². The van der Waals surface area contributed by atoms with Gasteiger partial charge in [-0.25, -0.2) is 13.2 Å². The van der Waals surface area contributed by atoms with E-state index in [1.165, 1.54) is 50.7 Å². The van der Waals surface area contributed by atoms with Crippen molar-refractivity contribution in [3.63, 3.8) is 0 Å². The van der Waals surface area contributed by atoms with Crippen molar-refractivity contribution in [3.8, 4) is 28.0 Å². The Morgan fingerprint density at radius 2 is 1.27 bits per heavy atom. The fraction of sp³-hybridized carbons (Fsp3) is 0.412. The highest BCUT2D eigenvalue weighted by atomic mass is 19.2. The topological polar surface area (TPSA) is 9.23 Å². The highest BCUT2D eigenvalue weighted by molar-refractivity contribution is 6.08. The lowest BCUT2D eigenvalue weighted by atomic mass is 9.70. The predicted octanol–water partition coefficient (Wildman–Crippen LogP) is 9.34. The normalized spacial score (nSPS) is 21.2. The number of hydrogen-bond donors (Lipinski definition) is 0. The molecule has 1 nitrogen and oxygen atoms in total. The molecule has 6 heteroatoms. The van der Waals surface area contributed by atoms with Crippen LogP contribution in [0.4, 0.5) is 17.6 Å². The third-order valence-electron chi connectivity index (χ3n) is 8.99. The molecule has 2 aliphatic carbocycles. The van der Waals surface area contributed by atoms with Crippen LogP contribution in [0.3, 0.4) is 0 Å². The highest BCUT2D eigenvalue weighted by Gasteiger charge is 2.29. The van der Waals surface area contributed by atoms with Gasteiger partial charge < -0.3 is 4.74 Å². The van der Waals surface area contributed by atoms with Crippen LogP contribution in [0.2, 0.25) is 0 Å². The van der Waals surface area contributed by atoms with Gasteiger partial charge >= 0.3 is 0 Å². The zero-order valence-corrected chi connectivity index (χ0v) is 23.4. The first-order valence-electron chi connectivity index (χ1n) is 14.8. The first-order chi connectivity index (χ1) is 19.4. The largest absolute Gasteiger partial charge is 0.500 e. The van der Waals surface area contributed by atoms with Gasteiger partial charge in [0.1, 0.15) is 0 Å². The molecule has 2 aliphatic rings. The van der Waals surface area contributed by atoms with E-state index in [-0.39, 0.29) is 23.4 Å². The molecule has 0 amide bonds. The zero-order chi connectivity index (χ0) is 28.2. The molecule has 40 heavy (non-hydrogen) atoms. The molecule has 210 valence electrons. The van der Waals surface area contributed by atoms with Crippen LogP contribution < -0.4 is 4.74 Å². The fourth-order valence-corrected chi connectivity index (χ4v) is 6.76. The number of halogens is 4. The summed E-state index contributed by atoms with van der Waals surface area (Å²) in [4.78, 5) is 0. The van der Waals surface area contributed by atoms with Crippen LogP contribution in [0.15, 0.2) is 54.6 Å². The van der Waals surface area contributed by atoms with Crippen LogP contribution in [-0.2, 0) is 0 Å². The minimum Gasteiger partial charge on any atom is -0.500 e. The lowest BCUT2D eigenvalue weighted by Crippen LogP contribution is -2.23. The lowest BCUT2D eigenvalue weighted by Gasteiger charge is -2.35. The minimum atomic E-state index is -1.05. The Morgan fingerprint density at radius 3 is 1.85 bits per heavy atom. The maximum Gasteiger partial charge on any atom is 0.201 e. The Kier molecular flexibility index (Phi) is 9.02. The van der Waals surface area contributed by atoms with Crippen LogP contribution >= 0.6 is 0 Å². The minimum absolute atomic E-state index is 0.0750. The predicted molar refractivity (Wildman–Crippen MR) is 157 cm³/mol. The van der Waals surface area contributed by atoms with E-state index in [2.05, 4.69) is 13.0 Å². The Morgan fingerprint density at radius 1 is 0.700 bits per heavy atom. The number of hydrogen-bond acceptors (Lipinski definition) is 1. The quantitative estimate of drug-likeness (QED) is 0.201. The summed E-state index contributed by atoms with van der Waals surface area (Å²) in [5.74, 6) is -1.62. The van der Waals surface area contributed by atoms with E-state index >= 15 is 8.78 Å². The fourth-order valence-electron chi connectivity index (χ4n) is 6.76. The summed E-state index contributed by atoms with van der Waals surface area (Å²) in [5, 5.41) is 0. The molecule has 1 unspecified atom stereocenters. The highest BCUT2D eigenvalue weighted by Crippen LogP contribution is 2.43. The van der Waals surface area contributed by atoms with Crippen LogP contribution in [-0.4, -0.2) is 14.4 Å². The third-order valence-corrected chi connectivity index (χ3v) is 8.99. The van der Waals surface area contributed by atoms with E-state index in [9.17, 15) is 8.78 Å². The Bertz CT molecular complexity index is 1360. The molecule has 0 heterocycles. The second-order valence-corrected chi connectivity index (χ2v) is 11.4. The first kappa shape index (κ1) is 28.5. The lowest BCUT2D eigenvalue weighted by molar-refractivity contribution is 0.189. The van der Waals surface area contributed by atoms with Crippen molar-refractivity contribution in [2.45, 2.75) is 64.7 Å². The standard InChI is InChI=1S/C34H37BF4O/c1-2-3-21-4-6-22(7-5-21)23-8-10-24(11-9-23)27-16-17-28(32(37)31(27)36)25-12-14-26(15-13-25)29-18-19-30(40-20-35)34(39)33(29)38/h10,12-19,21-23H,2-9,11,20,35H2,1H3. The van der Waals surface area contributed by atoms with Crippen molar-refractivity contribution in [2.24, 2.45) is 17.8 Å². The number of allylic oxidation sites excluding steroid dienone is 2. The van der Waals surface area contributed by atoms with Crippen molar-refractivity contribution in [1.82, 2.24) is 0 Å².